The monoisotopic (exact) mass is 586 g/mol. The van der Waals surface area contributed by atoms with Crippen LogP contribution in [-0.2, 0) is 5.41 Å². The van der Waals surface area contributed by atoms with Gasteiger partial charge in [0.05, 0.1) is 22.3 Å². The molecule has 2 aromatic heterocycles. The van der Waals surface area contributed by atoms with Crippen LogP contribution >= 0.6 is 0 Å². The first-order chi connectivity index (χ1) is 22.8. The second-order valence-electron chi connectivity index (χ2n) is 12.0. The Labute approximate surface area is 268 Å². The van der Waals surface area contributed by atoms with Crippen molar-refractivity contribution in [2.24, 2.45) is 0 Å². The van der Waals surface area contributed by atoms with E-state index in [9.17, 15) is 0 Å². The van der Waals surface area contributed by atoms with Gasteiger partial charge < -0.3 is 4.57 Å². The number of rotatable bonds is 5. The van der Waals surface area contributed by atoms with E-state index in [4.69, 9.17) is 4.98 Å². The van der Waals surface area contributed by atoms with Crippen LogP contribution in [0.2, 0.25) is 0 Å². The minimum atomic E-state index is -0.414. The molecule has 0 spiro atoms. The van der Waals surface area contributed by atoms with Crippen LogP contribution in [0.15, 0.2) is 182 Å². The molecule has 2 nitrogen and oxygen atoms in total. The van der Waals surface area contributed by atoms with Gasteiger partial charge in [-0.05, 0) is 57.6 Å². The summed E-state index contributed by atoms with van der Waals surface area (Å²) < 4.78 is 2.32. The first kappa shape index (κ1) is 26.4. The van der Waals surface area contributed by atoms with Crippen LogP contribution in [0.5, 0.6) is 0 Å². The first-order valence-corrected chi connectivity index (χ1v) is 15.8. The van der Waals surface area contributed by atoms with E-state index in [1.807, 2.05) is 12.1 Å². The SMILES string of the molecule is c1ccc(-c2cc(-n3ccc4c5c(ccc43)C(c3ccccc3)(c3ccccc3)c3ccccc3-5)cc(-c3ccccc3)n2)cc1. The number of aromatic nitrogens is 2. The summed E-state index contributed by atoms with van der Waals surface area (Å²) in [6.45, 7) is 0. The Kier molecular flexibility index (Phi) is 6.07. The maximum Gasteiger partial charge on any atom is 0.0730 e. The second-order valence-corrected chi connectivity index (χ2v) is 12.0. The summed E-state index contributed by atoms with van der Waals surface area (Å²) in [5.74, 6) is 0. The molecule has 8 aromatic rings. The largest absolute Gasteiger partial charge is 0.316 e. The van der Waals surface area contributed by atoms with Crippen LogP contribution in [0.3, 0.4) is 0 Å². The predicted octanol–water partition coefficient (Wildman–Crippen LogP) is 10.7. The Bertz CT molecular complexity index is 2240. The van der Waals surface area contributed by atoms with Gasteiger partial charge in [0.25, 0.3) is 0 Å². The molecule has 1 aliphatic carbocycles. The van der Waals surface area contributed by atoms with Crippen molar-refractivity contribution in [1.82, 2.24) is 9.55 Å². The first-order valence-electron chi connectivity index (χ1n) is 15.8. The minimum Gasteiger partial charge on any atom is -0.316 e. The lowest BCUT2D eigenvalue weighted by Crippen LogP contribution is -2.28. The van der Waals surface area contributed by atoms with Crippen LogP contribution in [0.4, 0.5) is 0 Å². The minimum absolute atomic E-state index is 0.414. The zero-order valence-corrected chi connectivity index (χ0v) is 25.2. The van der Waals surface area contributed by atoms with Gasteiger partial charge in [0, 0.05) is 28.4 Å². The van der Waals surface area contributed by atoms with Crippen molar-refractivity contribution in [2.75, 3.05) is 0 Å². The van der Waals surface area contributed by atoms with Gasteiger partial charge in [-0.25, -0.2) is 4.98 Å². The topological polar surface area (TPSA) is 17.8 Å². The van der Waals surface area contributed by atoms with E-state index < -0.39 is 5.41 Å². The molecule has 0 unspecified atom stereocenters. The molecule has 216 valence electrons. The van der Waals surface area contributed by atoms with Crippen molar-refractivity contribution in [2.45, 2.75) is 5.41 Å². The van der Waals surface area contributed by atoms with E-state index >= 15 is 0 Å². The third kappa shape index (κ3) is 3.94. The molecule has 0 amide bonds. The average molecular weight is 587 g/mol. The summed E-state index contributed by atoms with van der Waals surface area (Å²) in [5.41, 5.74) is 13.8. The standard InChI is InChI=1S/C44H30N2/c1-5-15-31(16-6-1)40-29-35(30-41(45-40)32-17-7-2-8-18-32)46-28-27-37-42(46)26-25-39-43(37)36-23-13-14-24-38(36)44(39,33-19-9-3-10-20-33)34-21-11-4-12-22-34/h1-30H. The van der Waals surface area contributed by atoms with Gasteiger partial charge in [-0.15, -0.1) is 0 Å². The molecule has 0 saturated carbocycles. The van der Waals surface area contributed by atoms with Crippen molar-refractivity contribution in [3.63, 3.8) is 0 Å². The molecule has 0 fully saturated rings. The van der Waals surface area contributed by atoms with Gasteiger partial charge in [0.1, 0.15) is 0 Å². The molecule has 0 radical (unpaired) electrons. The number of benzene rings is 6. The molecule has 0 N–H and O–H groups in total. The molecule has 46 heavy (non-hydrogen) atoms. The highest BCUT2D eigenvalue weighted by molar-refractivity contribution is 6.04. The summed E-state index contributed by atoms with van der Waals surface area (Å²) in [6, 6.07) is 63.2. The highest BCUT2D eigenvalue weighted by atomic mass is 15.0. The smallest absolute Gasteiger partial charge is 0.0730 e. The molecule has 0 saturated heterocycles. The summed E-state index contributed by atoms with van der Waals surface area (Å²) >= 11 is 0. The van der Waals surface area contributed by atoms with Gasteiger partial charge in [-0.1, -0.05) is 152 Å². The molecular formula is C44H30N2. The van der Waals surface area contributed by atoms with Crippen molar-refractivity contribution in [1.29, 1.82) is 0 Å². The fraction of sp³-hybridized carbons (Fsp3) is 0.0227. The maximum atomic E-state index is 5.12. The molecule has 2 heterocycles. The number of fused-ring (bicyclic) bond motifs is 5. The average Bonchev–Trinajstić information content (AvgIpc) is 3.71. The zero-order valence-electron chi connectivity index (χ0n) is 25.2. The highest BCUT2D eigenvalue weighted by Crippen LogP contribution is 2.57. The molecule has 0 atom stereocenters. The number of pyridine rings is 1. The molecular weight excluding hydrogens is 556 g/mol. The number of hydrogen-bond donors (Lipinski definition) is 0. The van der Waals surface area contributed by atoms with Crippen molar-refractivity contribution >= 4 is 10.9 Å². The third-order valence-corrected chi connectivity index (χ3v) is 9.52. The van der Waals surface area contributed by atoms with Crippen LogP contribution in [0.1, 0.15) is 22.3 Å². The summed E-state index contributed by atoms with van der Waals surface area (Å²) in [5, 5.41) is 1.25. The van der Waals surface area contributed by atoms with Crippen molar-refractivity contribution in [3.05, 3.63) is 204 Å². The van der Waals surface area contributed by atoms with Crippen LogP contribution < -0.4 is 0 Å². The molecule has 6 aromatic carbocycles. The second kappa shape index (κ2) is 10.6. The Balaban J connectivity index is 1.31. The summed E-state index contributed by atoms with van der Waals surface area (Å²) in [6.07, 6.45) is 2.22. The molecule has 2 heteroatoms. The van der Waals surface area contributed by atoms with Gasteiger partial charge in [-0.3, -0.25) is 0 Å². The van der Waals surface area contributed by atoms with Crippen LogP contribution in [0.25, 0.3) is 50.2 Å². The normalized spacial score (nSPS) is 13.0. The van der Waals surface area contributed by atoms with E-state index in [-0.39, 0.29) is 0 Å². The van der Waals surface area contributed by atoms with Gasteiger partial charge in [0.2, 0.25) is 0 Å². The third-order valence-electron chi connectivity index (χ3n) is 9.52. The Morgan fingerprint density at radius 3 is 1.57 bits per heavy atom. The quantitative estimate of drug-likeness (QED) is 0.196. The van der Waals surface area contributed by atoms with Crippen molar-refractivity contribution in [3.8, 4) is 39.3 Å². The number of nitrogens with zero attached hydrogens (tertiary/aromatic N) is 2. The van der Waals surface area contributed by atoms with Crippen LogP contribution in [0, 0.1) is 0 Å². The van der Waals surface area contributed by atoms with Gasteiger partial charge >= 0.3 is 0 Å². The van der Waals surface area contributed by atoms with Crippen molar-refractivity contribution < 1.29 is 0 Å². The molecule has 0 aliphatic heterocycles. The fourth-order valence-electron chi connectivity index (χ4n) is 7.55. The Morgan fingerprint density at radius 2 is 0.978 bits per heavy atom. The maximum absolute atomic E-state index is 5.12. The van der Waals surface area contributed by atoms with E-state index in [0.717, 1.165) is 28.2 Å². The van der Waals surface area contributed by atoms with E-state index in [2.05, 4.69) is 175 Å². The van der Waals surface area contributed by atoms with Crippen LogP contribution in [-0.4, -0.2) is 9.55 Å². The summed E-state index contributed by atoms with van der Waals surface area (Å²) in [7, 11) is 0. The highest BCUT2D eigenvalue weighted by Gasteiger charge is 2.46. The molecule has 1 aliphatic rings. The van der Waals surface area contributed by atoms with E-state index in [0.29, 0.717) is 0 Å². The number of hydrogen-bond acceptors (Lipinski definition) is 1. The molecule has 9 rings (SSSR count). The van der Waals surface area contributed by atoms with E-state index in [1.54, 1.807) is 0 Å². The van der Waals surface area contributed by atoms with Gasteiger partial charge in [0.15, 0.2) is 0 Å². The Hall–Kier alpha value is -5.99. The lowest BCUT2D eigenvalue weighted by Gasteiger charge is -2.33. The van der Waals surface area contributed by atoms with E-state index in [1.165, 1.54) is 44.3 Å². The predicted molar refractivity (Wildman–Crippen MR) is 189 cm³/mol. The lowest BCUT2D eigenvalue weighted by molar-refractivity contribution is 0.769. The zero-order chi connectivity index (χ0) is 30.5. The molecule has 0 bridgehead atoms. The fourth-order valence-corrected chi connectivity index (χ4v) is 7.55. The summed E-state index contributed by atoms with van der Waals surface area (Å²) in [4.78, 5) is 5.12. The Morgan fingerprint density at radius 1 is 0.457 bits per heavy atom. The van der Waals surface area contributed by atoms with Gasteiger partial charge in [-0.2, -0.15) is 0 Å². The lowest BCUT2D eigenvalue weighted by atomic mass is 9.67.